The Bertz CT molecular complexity index is 454. The Kier molecular flexibility index (Phi) is 4.84. The number of ketones is 1. The summed E-state index contributed by atoms with van der Waals surface area (Å²) in [5.41, 5.74) is 6.07. The molecule has 1 rings (SSSR count). The first-order chi connectivity index (χ1) is 8.61. The van der Waals surface area contributed by atoms with Crippen LogP contribution < -0.4 is 10.6 Å². The lowest BCUT2D eigenvalue weighted by atomic mass is 10.1. The van der Waals surface area contributed by atoms with Gasteiger partial charge in [0, 0.05) is 19.5 Å². The highest BCUT2D eigenvalue weighted by Crippen LogP contribution is 2.34. The third kappa shape index (κ3) is 4.41. The first-order valence-corrected chi connectivity index (χ1v) is 6.65. The van der Waals surface area contributed by atoms with Crippen molar-refractivity contribution in [2.24, 2.45) is 5.92 Å². The highest BCUT2D eigenvalue weighted by Gasteiger charge is 2.28. The number of nitrogen functional groups attached to an aromatic ring is 1. The molecule has 0 fully saturated rings. The van der Waals surface area contributed by atoms with Crippen LogP contribution in [-0.4, -0.2) is 25.6 Å². The summed E-state index contributed by atoms with van der Waals surface area (Å²) in [6, 6.07) is 1.55. The van der Waals surface area contributed by atoms with E-state index in [9.17, 15) is 18.0 Å². The summed E-state index contributed by atoms with van der Waals surface area (Å²) < 4.78 is 36.4. The highest BCUT2D eigenvalue weighted by molar-refractivity contribution is 7.18. The zero-order chi connectivity index (χ0) is 14.8. The molecule has 0 saturated heterocycles. The molecule has 0 unspecified atom stereocenters. The summed E-state index contributed by atoms with van der Waals surface area (Å²) in [5.74, 6) is -0.271. The smallest absolute Gasteiger partial charge is 0.390 e. The number of carbonyl (C=O) groups excluding carboxylic acids is 1. The van der Waals surface area contributed by atoms with Gasteiger partial charge in [0.1, 0.15) is 0 Å². The average Bonchev–Trinajstić information content (AvgIpc) is 2.66. The van der Waals surface area contributed by atoms with Crippen LogP contribution in [0.3, 0.4) is 0 Å². The molecule has 0 aromatic carbocycles. The molecule has 0 aliphatic carbocycles. The third-order valence-corrected chi connectivity index (χ3v) is 3.88. The van der Waals surface area contributed by atoms with Crippen molar-refractivity contribution in [3.8, 4) is 0 Å². The lowest BCUT2D eigenvalue weighted by Gasteiger charge is -2.17. The number of nitrogens with zero attached hydrogens (tertiary/aromatic N) is 1. The van der Waals surface area contributed by atoms with Gasteiger partial charge in [0.15, 0.2) is 5.78 Å². The van der Waals surface area contributed by atoms with Gasteiger partial charge < -0.3 is 10.6 Å². The molecule has 1 aromatic rings. The zero-order valence-corrected chi connectivity index (χ0v) is 11.9. The van der Waals surface area contributed by atoms with Crippen LogP contribution in [0.15, 0.2) is 6.07 Å². The molecular weight excluding hydrogens is 277 g/mol. The Labute approximate surface area is 114 Å². The largest absolute Gasteiger partial charge is 0.397 e. The summed E-state index contributed by atoms with van der Waals surface area (Å²) in [6.45, 7) is 3.36. The fraction of sp³-hybridized carbons (Fsp3) is 0.583. The molecule has 0 aliphatic rings. The van der Waals surface area contributed by atoms with Gasteiger partial charge in [-0.25, -0.2) is 0 Å². The minimum absolute atomic E-state index is 0.0852. The Morgan fingerprint density at radius 1 is 1.47 bits per heavy atom. The number of thiophene rings is 1. The van der Waals surface area contributed by atoms with Gasteiger partial charge in [-0.2, -0.15) is 13.2 Å². The number of hydrogen-bond donors (Lipinski definition) is 1. The van der Waals surface area contributed by atoms with Gasteiger partial charge in [0.2, 0.25) is 0 Å². The van der Waals surface area contributed by atoms with Crippen LogP contribution >= 0.6 is 11.3 Å². The Morgan fingerprint density at radius 3 is 2.53 bits per heavy atom. The minimum Gasteiger partial charge on any atom is -0.397 e. The van der Waals surface area contributed by atoms with E-state index in [1.165, 1.54) is 4.90 Å². The summed E-state index contributed by atoms with van der Waals surface area (Å²) in [5, 5.41) is 0.575. The fourth-order valence-electron chi connectivity index (χ4n) is 1.44. The molecule has 3 nitrogen and oxygen atoms in total. The summed E-state index contributed by atoms with van der Waals surface area (Å²) in [4.78, 5) is 13.7. The molecular formula is C12H17F3N2OS. The number of nitrogens with two attached hydrogens (primary N) is 1. The lowest BCUT2D eigenvalue weighted by molar-refractivity contribution is -0.132. The first-order valence-electron chi connectivity index (χ1n) is 5.83. The van der Waals surface area contributed by atoms with Gasteiger partial charge in [0.05, 0.1) is 22.0 Å². The fourth-order valence-corrected chi connectivity index (χ4v) is 2.59. The van der Waals surface area contributed by atoms with Crippen molar-refractivity contribution >= 4 is 27.8 Å². The molecule has 108 valence electrons. The molecule has 0 spiro atoms. The maximum absolute atomic E-state index is 12.1. The zero-order valence-electron chi connectivity index (χ0n) is 11.0. The van der Waals surface area contributed by atoms with Gasteiger partial charge in [-0.05, 0) is 6.07 Å². The van der Waals surface area contributed by atoms with Gasteiger partial charge in [-0.15, -0.1) is 11.3 Å². The number of Topliss-reactive ketones (excluding diaryl/α,β-unsaturated/α-hetero) is 1. The molecule has 0 aliphatic heterocycles. The second-order valence-corrected chi connectivity index (χ2v) is 5.71. The van der Waals surface area contributed by atoms with Crippen molar-refractivity contribution in [1.82, 2.24) is 0 Å². The number of alkyl halides is 3. The number of halogens is 3. The van der Waals surface area contributed by atoms with Crippen molar-refractivity contribution in [3.05, 3.63) is 10.9 Å². The molecule has 7 heteroatoms. The van der Waals surface area contributed by atoms with Crippen molar-refractivity contribution in [1.29, 1.82) is 0 Å². The van der Waals surface area contributed by atoms with Crippen molar-refractivity contribution < 1.29 is 18.0 Å². The van der Waals surface area contributed by atoms with Gasteiger partial charge >= 0.3 is 6.18 Å². The summed E-state index contributed by atoms with van der Waals surface area (Å²) in [7, 11) is 1.56. The van der Waals surface area contributed by atoms with Crippen molar-refractivity contribution in [2.75, 3.05) is 24.2 Å². The topological polar surface area (TPSA) is 46.3 Å². The van der Waals surface area contributed by atoms with Crippen LogP contribution in [0, 0.1) is 5.92 Å². The lowest BCUT2D eigenvalue weighted by Crippen LogP contribution is -2.23. The predicted octanol–water partition coefficient (Wildman–Crippen LogP) is 3.56. The Hall–Kier alpha value is -1.24. The molecule has 1 aromatic heterocycles. The summed E-state index contributed by atoms with van der Waals surface area (Å²) in [6.07, 6.45) is -5.08. The molecule has 0 bridgehead atoms. The molecule has 2 N–H and O–H groups in total. The van der Waals surface area contributed by atoms with Crippen LogP contribution in [0.2, 0.25) is 0 Å². The van der Waals surface area contributed by atoms with E-state index in [0.717, 1.165) is 11.3 Å². The van der Waals surface area contributed by atoms with Crippen LogP contribution in [-0.2, 0) is 0 Å². The van der Waals surface area contributed by atoms with Gasteiger partial charge in [0.25, 0.3) is 0 Å². The average molecular weight is 294 g/mol. The van der Waals surface area contributed by atoms with E-state index in [-0.39, 0.29) is 18.2 Å². The third-order valence-electron chi connectivity index (χ3n) is 2.60. The second kappa shape index (κ2) is 5.81. The van der Waals surface area contributed by atoms with Crippen molar-refractivity contribution in [2.45, 2.75) is 26.4 Å². The molecule has 0 amide bonds. The first kappa shape index (κ1) is 15.8. The standard InChI is InChI=1S/C12H17F3N2OS/c1-7(2)10(18)11-8(16)6-9(19-11)17(3)5-4-12(13,14)15/h6-7H,4-5,16H2,1-3H3. The van der Waals surface area contributed by atoms with E-state index >= 15 is 0 Å². The number of carbonyl (C=O) groups is 1. The Balaban J connectivity index is 2.80. The predicted molar refractivity (Wildman–Crippen MR) is 71.8 cm³/mol. The molecule has 19 heavy (non-hydrogen) atoms. The van der Waals surface area contributed by atoms with Crippen LogP contribution in [0.25, 0.3) is 0 Å². The van der Waals surface area contributed by atoms with E-state index in [2.05, 4.69) is 0 Å². The Morgan fingerprint density at radius 2 is 2.05 bits per heavy atom. The van der Waals surface area contributed by atoms with E-state index in [4.69, 9.17) is 5.73 Å². The number of hydrogen-bond acceptors (Lipinski definition) is 4. The SMILES string of the molecule is CC(C)C(=O)c1sc(N(C)CCC(F)(F)F)cc1N. The van der Waals surface area contributed by atoms with E-state index in [1.54, 1.807) is 27.0 Å². The van der Waals surface area contributed by atoms with Crippen molar-refractivity contribution in [3.63, 3.8) is 0 Å². The molecule has 0 saturated carbocycles. The monoisotopic (exact) mass is 294 g/mol. The van der Waals surface area contributed by atoms with E-state index in [0.29, 0.717) is 15.6 Å². The number of anilines is 2. The maximum atomic E-state index is 12.1. The molecule has 1 heterocycles. The van der Waals surface area contributed by atoms with Gasteiger partial charge in [-0.3, -0.25) is 4.79 Å². The normalized spacial score (nSPS) is 11.9. The van der Waals surface area contributed by atoms with Crippen LogP contribution in [0.4, 0.5) is 23.9 Å². The summed E-state index contributed by atoms with van der Waals surface area (Å²) >= 11 is 1.14. The van der Waals surface area contributed by atoms with E-state index in [1.807, 2.05) is 0 Å². The maximum Gasteiger partial charge on any atom is 0.390 e. The number of rotatable bonds is 5. The second-order valence-electron chi connectivity index (χ2n) is 4.67. The van der Waals surface area contributed by atoms with Gasteiger partial charge in [-0.1, -0.05) is 13.8 Å². The quantitative estimate of drug-likeness (QED) is 0.845. The minimum atomic E-state index is -4.19. The van der Waals surface area contributed by atoms with Crippen LogP contribution in [0.1, 0.15) is 29.9 Å². The molecule has 0 atom stereocenters. The van der Waals surface area contributed by atoms with Crippen LogP contribution in [0.5, 0.6) is 0 Å². The van der Waals surface area contributed by atoms with E-state index < -0.39 is 12.6 Å². The highest BCUT2D eigenvalue weighted by atomic mass is 32.1. The molecule has 0 radical (unpaired) electrons.